The van der Waals surface area contributed by atoms with Gasteiger partial charge < -0.3 is 14.2 Å². The number of hydrogen-bond acceptors (Lipinski definition) is 7. The van der Waals surface area contributed by atoms with Crippen LogP contribution in [0.5, 0.6) is 11.5 Å². The molecule has 1 heterocycles. The van der Waals surface area contributed by atoms with E-state index in [-0.39, 0.29) is 12.5 Å². The smallest absolute Gasteiger partial charge is 0.344 e. The number of amidine groups is 1. The van der Waals surface area contributed by atoms with Gasteiger partial charge in [0.25, 0.3) is 5.91 Å². The second-order valence-electron chi connectivity index (χ2n) is 7.25. The molecule has 1 aliphatic heterocycles. The molecule has 34 heavy (non-hydrogen) atoms. The lowest BCUT2D eigenvalue weighted by atomic mass is 10.2. The summed E-state index contributed by atoms with van der Waals surface area (Å²) in [5.41, 5.74) is 2.75. The van der Waals surface area contributed by atoms with Crippen LogP contribution >= 0.6 is 34.4 Å². The van der Waals surface area contributed by atoms with Crippen LogP contribution < -0.4 is 9.47 Å². The summed E-state index contributed by atoms with van der Waals surface area (Å²) in [6, 6.07) is 11.6. The number of rotatable bonds is 9. The summed E-state index contributed by atoms with van der Waals surface area (Å²) in [7, 11) is 0. The summed E-state index contributed by atoms with van der Waals surface area (Å²) >= 11 is 3.48. The molecule has 1 fully saturated rings. The molecule has 0 unspecified atom stereocenters. The lowest BCUT2D eigenvalue weighted by molar-refractivity contribution is -0.145. The number of thioether (sulfide) groups is 1. The molecule has 9 heteroatoms. The van der Waals surface area contributed by atoms with Crippen molar-refractivity contribution in [2.75, 3.05) is 26.4 Å². The van der Waals surface area contributed by atoms with Gasteiger partial charge in [-0.15, -0.1) is 0 Å². The van der Waals surface area contributed by atoms with E-state index in [1.54, 1.807) is 17.9 Å². The van der Waals surface area contributed by atoms with Crippen molar-refractivity contribution in [3.05, 3.63) is 56.0 Å². The van der Waals surface area contributed by atoms with Crippen molar-refractivity contribution >= 4 is 63.2 Å². The first-order chi connectivity index (χ1) is 16.4. The third kappa shape index (κ3) is 6.53. The van der Waals surface area contributed by atoms with Crippen LogP contribution in [-0.4, -0.2) is 48.3 Å². The van der Waals surface area contributed by atoms with Gasteiger partial charge in [0.2, 0.25) is 0 Å². The normalized spacial score (nSPS) is 15.8. The van der Waals surface area contributed by atoms with Gasteiger partial charge in [0.1, 0.15) is 0 Å². The number of amides is 1. The van der Waals surface area contributed by atoms with E-state index >= 15 is 0 Å². The molecule has 0 spiro atoms. The lowest BCUT2D eigenvalue weighted by Crippen LogP contribution is -2.28. The molecule has 1 saturated heterocycles. The van der Waals surface area contributed by atoms with Crippen molar-refractivity contribution < 1.29 is 23.8 Å². The van der Waals surface area contributed by atoms with E-state index in [1.165, 1.54) is 11.8 Å². The topological polar surface area (TPSA) is 77.4 Å². The minimum absolute atomic E-state index is 0.0889. The minimum atomic E-state index is -0.444. The van der Waals surface area contributed by atoms with Gasteiger partial charge in [-0.25, -0.2) is 9.79 Å². The third-order valence-electron chi connectivity index (χ3n) is 4.73. The molecule has 0 saturated carbocycles. The predicted octanol–water partition coefficient (Wildman–Crippen LogP) is 5.56. The van der Waals surface area contributed by atoms with Gasteiger partial charge >= 0.3 is 5.97 Å². The number of carbonyl (C=O) groups is 2. The number of carbonyl (C=O) groups excluding carboxylic acids is 2. The highest BCUT2D eigenvalue weighted by molar-refractivity contribution is 14.1. The number of esters is 1. The van der Waals surface area contributed by atoms with Gasteiger partial charge in [0.15, 0.2) is 23.3 Å². The largest absolute Gasteiger partial charge is 0.490 e. The zero-order valence-corrected chi connectivity index (χ0v) is 22.6. The summed E-state index contributed by atoms with van der Waals surface area (Å²) in [6.45, 7) is 8.60. The Kier molecular flexibility index (Phi) is 9.40. The predicted molar refractivity (Wildman–Crippen MR) is 144 cm³/mol. The zero-order chi connectivity index (χ0) is 24.7. The van der Waals surface area contributed by atoms with Crippen LogP contribution in [0.15, 0.2) is 46.3 Å². The monoisotopic (exact) mass is 594 g/mol. The van der Waals surface area contributed by atoms with Gasteiger partial charge in [0, 0.05) is 6.54 Å². The molecule has 2 aromatic carbocycles. The molecule has 0 N–H and O–H groups in total. The Morgan fingerprint density at radius 3 is 2.50 bits per heavy atom. The maximum atomic E-state index is 13.0. The fraction of sp³-hybridized carbons (Fsp3) is 0.320. The van der Waals surface area contributed by atoms with E-state index in [0.717, 1.165) is 20.4 Å². The highest BCUT2D eigenvalue weighted by Crippen LogP contribution is 2.38. The Hall–Kier alpha value is -2.53. The van der Waals surface area contributed by atoms with Gasteiger partial charge in [0.05, 0.1) is 27.4 Å². The molecule has 180 valence electrons. The standard InChI is InChI=1S/C25H27IN2O5S/c1-5-28-24(30)21(34-25(28)27-18-10-8-16(4)9-11-18)14-17-12-19(26)23(20(13-17)31-6-2)33-15-22(29)32-7-3/h8-14H,5-7,15H2,1-4H3/b21-14+,27-25?. The first-order valence-corrected chi connectivity index (χ1v) is 12.9. The first-order valence-electron chi connectivity index (χ1n) is 11.0. The first kappa shape index (κ1) is 26.1. The lowest BCUT2D eigenvalue weighted by Gasteiger charge is -2.14. The average molecular weight is 594 g/mol. The molecule has 0 aliphatic carbocycles. The fourth-order valence-corrected chi connectivity index (χ4v) is 5.00. The van der Waals surface area contributed by atoms with Crippen molar-refractivity contribution in [1.29, 1.82) is 0 Å². The van der Waals surface area contributed by atoms with E-state index in [0.29, 0.717) is 41.3 Å². The van der Waals surface area contributed by atoms with E-state index in [1.807, 2.05) is 57.2 Å². The van der Waals surface area contributed by atoms with Crippen LogP contribution in [0.2, 0.25) is 0 Å². The van der Waals surface area contributed by atoms with Gasteiger partial charge in [-0.3, -0.25) is 9.69 Å². The van der Waals surface area contributed by atoms with Crippen molar-refractivity contribution in [3.63, 3.8) is 0 Å². The van der Waals surface area contributed by atoms with Crippen LogP contribution in [0.4, 0.5) is 5.69 Å². The van der Waals surface area contributed by atoms with Crippen LogP contribution in [0.25, 0.3) is 6.08 Å². The summed E-state index contributed by atoms with van der Waals surface area (Å²) < 4.78 is 17.1. The highest BCUT2D eigenvalue weighted by Gasteiger charge is 2.32. The SMILES string of the molecule is CCOC(=O)COc1c(I)cc(/C=C2/SC(=Nc3ccc(C)cc3)N(CC)C2=O)cc1OCC. The molecule has 0 bridgehead atoms. The molecule has 0 radical (unpaired) electrons. The Labute approximate surface area is 217 Å². The van der Waals surface area contributed by atoms with E-state index in [2.05, 4.69) is 27.6 Å². The third-order valence-corrected chi connectivity index (χ3v) is 6.54. The number of nitrogens with zero attached hydrogens (tertiary/aromatic N) is 2. The maximum Gasteiger partial charge on any atom is 0.344 e. The molecule has 2 aromatic rings. The number of benzene rings is 2. The Morgan fingerprint density at radius 1 is 1.12 bits per heavy atom. The van der Waals surface area contributed by atoms with Crippen molar-refractivity contribution in [3.8, 4) is 11.5 Å². The Morgan fingerprint density at radius 2 is 1.85 bits per heavy atom. The second-order valence-corrected chi connectivity index (χ2v) is 9.42. The van der Waals surface area contributed by atoms with Crippen molar-refractivity contribution in [2.24, 2.45) is 4.99 Å². The molecular formula is C25H27IN2O5S. The number of likely N-dealkylation sites (N-methyl/N-ethyl adjacent to an activating group) is 1. The molecule has 7 nitrogen and oxygen atoms in total. The van der Waals surface area contributed by atoms with Crippen LogP contribution in [0.1, 0.15) is 31.9 Å². The zero-order valence-electron chi connectivity index (χ0n) is 19.6. The van der Waals surface area contributed by atoms with Crippen molar-refractivity contribution in [2.45, 2.75) is 27.7 Å². The maximum absolute atomic E-state index is 13.0. The van der Waals surface area contributed by atoms with Crippen LogP contribution in [-0.2, 0) is 14.3 Å². The van der Waals surface area contributed by atoms with Gasteiger partial charge in [-0.05, 0) is 98.0 Å². The summed E-state index contributed by atoms with van der Waals surface area (Å²) in [6.07, 6.45) is 1.83. The quantitative estimate of drug-likeness (QED) is 0.215. The summed E-state index contributed by atoms with van der Waals surface area (Å²) in [5.74, 6) is 0.440. The second kappa shape index (κ2) is 12.3. The number of hydrogen-bond donors (Lipinski definition) is 0. The van der Waals surface area contributed by atoms with Gasteiger partial charge in [-0.1, -0.05) is 17.7 Å². The number of ether oxygens (including phenoxy) is 3. The minimum Gasteiger partial charge on any atom is -0.490 e. The number of aliphatic imine (C=N–C) groups is 1. The Balaban J connectivity index is 1.89. The Bertz CT molecular complexity index is 1120. The van der Waals surface area contributed by atoms with E-state index in [9.17, 15) is 9.59 Å². The number of aryl methyl sites for hydroxylation is 1. The van der Waals surface area contributed by atoms with Crippen molar-refractivity contribution in [1.82, 2.24) is 4.90 Å². The molecule has 3 rings (SSSR count). The molecule has 0 aromatic heterocycles. The van der Waals surface area contributed by atoms with Gasteiger partial charge in [-0.2, -0.15) is 0 Å². The molecule has 0 atom stereocenters. The molecular weight excluding hydrogens is 567 g/mol. The molecule has 1 aliphatic rings. The van der Waals surface area contributed by atoms with Crippen LogP contribution in [0.3, 0.4) is 0 Å². The highest BCUT2D eigenvalue weighted by atomic mass is 127. The van der Waals surface area contributed by atoms with E-state index in [4.69, 9.17) is 14.2 Å². The number of halogens is 1. The summed E-state index contributed by atoms with van der Waals surface area (Å²) in [4.78, 5) is 31.7. The average Bonchev–Trinajstić information content (AvgIpc) is 3.08. The van der Waals surface area contributed by atoms with Crippen LogP contribution in [0, 0.1) is 10.5 Å². The fourth-order valence-electron chi connectivity index (χ4n) is 3.16. The molecule has 1 amide bonds. The van der Waals surface area contributed by atoms with E-state index < -0.39 is 5.97 Å². The summed E-state index contributed by atoms with van der Waals surface area (Å²) in [5, 5.41) is 0.650.